The minimum Gasteiger partial charge on any atom is -0.319 e. The van der Waals surface area contributed by atoms with Gasteiger partial charge in [-0.3, -0.25) is 0 Å². The van der Waals surface area contributed by atoms with Crippen LogP contribution in [-0.4, -0.2) is 11.4 Å². The minimum atomic E-state index is -2.77. The van der Waals surface area contributed by atoms with Crippen LogP contribution < -0.4 is 5.73 Å². The molecule has 0 unspecified atom stereocenters. The van der Waals surface area contributed by atoms with Crippen LogP contribution in [0.1, 0.15) is 11.6 Å². The van der Waals surface area contributed by atoms with Gasteiger partial charge in [0.05, 0.1) is 6.04 Å². The van der Waals surface area contributed by atoms with E-state index in [1.54, 1.807) is 0 Å². The van der Waals surface area contributed by atoms with Gasteiger partial charge >= 0.3 is 0 Å². The smallest absolute Gasteiger partial charge is 0.257 e. The molecule has 0 radical (unpaired) electrons. The van der Waals surface area contributed by atoms with Crippen molar-refractivity contribution < 1.29 is 13.2 Å². The maximum atomic E-state index is 12.7. The Bertz CT molecular complexity index is 265. The first kappa shape index (κ1) is 8.99. The first-order valence-corrected chi connectivity index (χ1v) is 3.27. The topological polar surface area (TPSA) is 38.9 Å². The molecular formula is C7H7F3N2. The molecule has 0 aromatic carbocycles. The summed E-state index contributed by atoms with van der Waals surface area (Å²) in [7, 11) is 0. The summed E-state index contributed by atoms with van der Waals surface area (Å²) in [6.45, 7) is 0. The number of pyridine rings is 1. The highest BCUT2D eigenvalue weighted by molar-refractivity contribution is 5.15. The normalized spacial score (nSPS) is 13.4. The summed E-state index contributed by atoms with van der Waals surface area (Å²) in [5.74, 6) is -0.940. The van der Waals surface area contributed by atoms with Crippen LogP contribution in [0.5, 0.6) is 0 Å². The lowest BCUT2D eigenvalue weighted by Crippen LogP contribution is -2.20. The molecule has 2 nitrogen and oxygen atoms in total. The van der Waals surface area contributed by atoms with Crippen LogP contribution >= 0.6 is 0 Å². The lowest BCUT2D eigenvalue weighted by atomic mass is 10.1. The van der Waals surface area contributed by atoms with Crippen LogP contribution in [0.2, 0.25) is 0 Å². The maximum absolute atomic E-state index is 12.7. The Kier molecular flexibility index (Phi) is 2.65. The van der Waals surface area contributed by atoms with Crippen molar-refractivity contribution in [1.29, 1.82) is 0 Å². The van der Waals surface area contributed by atoms with Gasteiger partial charge in [0.15, 0.2) is 0 Å². The molecule has 5 heteroatoms. The van der Waals surface area contributed by atoms with E-state index in [1.165, 1.54) is 18.3 Å². The molecule has 0 aliphatic carbocycles. The van der Waals surface area contributed by atoms with E-state index in [-0.39, 0.29) is 5.56 Å². The molecular weight excluding hydrogens is 169 g/mol. The molecule has 0 saturated heterocycles. The zero-order valence-electron chi connectivity index (χ0n) is 6.05. The van der Waals surface area contributed by atoms with Gasteiger partial charge in [-0.05, 0) is 6.07 Å². The van der Waals surface area contributed by atoms with Crippen molar-refractivity contribution in [3.8, 4) is 0 Å². The predicted octanol–water partition coefficient (Wildman–Crippen LogP) is 1.49. The number of hydrogen-bond acceptors (Lipinski definition) is 2. The van der Waals surface area contributed by atoms with Gasteiger partial charge in [-0.1, -0.05) is 6.07 Å². The lowest BCUT2D eigenvalue weighted by molar-refractivity contribution is 0.114. The van der Waals surface area contributed by atoms with Crippen LogP contribution in [0.25, 0.3) is 0 Å². The number of alkyl halides is 2. The van der Waals surface area contributed by atoms with Crippen molar-refractivity contribution >= 4 is 0 Å². The minimum absolute atomic E-state index is 0.257. The Morgan fingerprint density at radius 2 is 2.08 bits per heavy atom. The van der Waals surface area contributed by atoms with E-state index >= 15 is 0 Å². The van der Waals surface area contributed by atoms with Gasteiger partial charge in [-0.2, -0.15) is 4.39 Å². The average molecular weight is 176 g/mol. The van der Waals surface area contributed by atoms with Crippen molar-refractivity contribution in [1.82, 2.24) is 4.98 Å². The molecule has 0 spiro atoms. The van der Waals surface area contributed by atoms with Crippen LogP contribution in [0.15, 0.2) is 18.3 Å². The molecule has 2 N–H and O–H groups in total. The molecule has 0 bridgehead atoms. The van der Waals surface area contributed by atoms with Crippen molar-refractivity contribution in [2.45, 2.75) is 12.5 Å². The third kappa shape index (κ3) is 1.73. The molecule has 0 fully saturated rings. The third-order valence-corrected chi connectivity index (χ3v) is 1.42. The standard InChI is InChI=1S/C7H7F3N2/c8-6(9)5(11)4-2-1-3-12-7(4)10/h1-3,5-6H,11H2/t5-/m0/s1. The highest BCUT2D eigenvalue weighted by Gasteiger charge is 2.20. The van der Waals surface area contributed by atoms with Crippen molar-refractivity contribution in [2.75, 3.05) is 0 Å². The fourth-order valence-corrected chi connectivity index (χ4v) is 0.783. The van der Waals surface area contributed by atoms with Gasteiger partial charge in [-0.15, -0.1) is 0 Å². The molecule has 1 aromatic rings. The first-order valence-electron chi connectivity index (χ1n) is 3.27. The van der Waals surface area contributed by atoms with E-state index in [0.29, 0.717) is 0 Å². The summed E-state index contributed by atoms with van der Waals surface area (Å²) >= 11 is 0. The van der Waals surface area contributed by atoms with Gasteiger partial charge < -0.3 is 5.73 Å². The number of nitrogens with zero attached hydrogens (tertiary/aromatic N) is 1. The van der Waals surface area contributed by atoms with Crippen LogP contribution in [-0.2, 0) is 0 Å². The van der Waals surface area contributed by atoms with Gasteiger partial charge in [0.1, 0.15) is 0 Å². The zero-order chi connectivity index (χ0) is 9.14. The van der Waals surface area contributed by atoms with Crippen LogP contribution in [0, 0.1) is 5.95 Å². The molecule has 66 valence electrons. The predicted molar refractivity (Wildman–Crippen MR) is 37.1 cm³/mol. The summed E-state index contributed by atoms with van der Waals surface area (Å²) in [5.41, 5.74) is 4.75. The SMILES string of the molecule is N[C@@H](c1cccnc1F)C(F)F. The van der Waals surface area contributed by atoms with Gasteiger partial charge in [0, 0.05) is 11.8 Å². The first-order chi connectivity index (χ1) is 5.63. The molecule has 0 aliphatic heterocycles. The van der Waals surface area contributed by atoms with Gasteiger partial charge in [0.25, 0.3) is 6.43 Å². The van der Waals surface area contributed by atoms with E-state index < -0.39 is 18.4 Å². The second kappa shape index (κ2) is 3.53. The Labute approximate surface area is 67.2 Å². The maximum Gasteiger partial charge on any atom is 0.257 e. The van der Waals surface area contributed by atoms with E-state index in [0.717, 1.165) is 0 Å². The molecule has 1 aromatic heterocycles. The number of hydrogen-bond donors (Lipinski definition) is 1. The summed E-state index contributed by atoms with van der Waals surface area (Å²) < 4.78 is 36.6. The highest BCUT2D eigenvalue weighted by Crippen LogP contribution is 2.18. The fourth-order valence-electron chi connectivity index (χ4n) is 0.783. The summed E-state index contributed by atoms with van der Waals surface area (Å²) in [6, 6.07) is 0.957. The average Bonchev–Trinajstić information content (AvgIpc) is 2.04. The Morgan fingerprint density at radius 3 is 2.58 bits per heavy atom. The molecule has 12 heavy (non-hydrogen) atoms. The monoisotopic (exact) mass is 176 g/mol. The zero-order valence-corrected chi connectivity index (χ0v) is 6.05. The van der Waals surface area contributed by atoms with Crippen molar-refractivity contribution in [2.24, 2.45) is 5.73 Å². The van der Waals surface area contributed by atoms with Gasteiger partial charge in [0.2, 0.25) is 5.95 Å². The lowest BCUT2D eigenvalue weighted by Gasteiger charge is -2.09. The second-order valence-corrected chi connectivity index (χ2v) is 2.24. The third-order valence-electron chi connectivity index (χ3n) is 1.42. The summed E-state index contributed by atoms with van der Waals surface area (Å²) in [4.78, 5) is 3.20. The van der Waals surface area contributed by atoms with Crippen molar-refractivity contribution in [3.63, 3.8) is 0 Å². The van der Waals surface area contributed by atoms with Crippen molar-refractivity contribution in [3.05, 3.63) is 29.8 Å². The molecule has 1 atom stereocenters. The van der Waals surface area contributed by atoms with Gasteiger partial charge in [-0.25, -0.2) is 13.8 Å². The Balaban J connectivity index is 2.94. The summed E-state index contributed by atoms with van der Waals surface area (Å²) in [6.07, 6.45) is -1.60. The van der Waals surface area contributed by atoms with Crippen LogP contribution in [0.4, 0.5) is 13.2 Å². The second-order valence-electron chi connectivity index (χ2n) is 2.24. The van der Waals surface area contributed by atoms with Crippen LogP contribution in [0.3, 0.4) is 0 Å². The number of rotatable bonds is 2. The van der Waals surface area contributed by atoms with E-state index in [4.69, 9.17) is 5.73 Å². The Morgan fingerprint density at radius 1 is 1.42 bits per heavy atom. The largest absolute Gasteiger partial charge is 0.319 e. The Hall–Kier alpha value is -1.10. The molecule has 1 heterocycles. The molecule has 1 rings (SSSR count). The molecule has 0 amide bonds. The number of halogens is 3. The molecule has 0 saturated carbocycles. The summed E-state index contributed by atoms with van der Waals surface area (Å²) in [5, 5.41) is 0. The van der Waals surface area contributed by atoms with E-state index in [1.807, 2.05) is 0 Å². The highest BCUT2D eigenvalue weighted by atomic mass is 19.3. The molecule has 0 aliphatic rings. The fraction of sp³-hybridized carbons (Fsp3) is 0.286. The number of nitrogens with two attached hydrogens (primary N) is 1. The number of aromatic nitrogens is 1. The van der Waals surface area contributed by atoms with E-state index in [2.05, 4.69) is 4.98 Å². The quantitative estimate of drug-likeness (QED) is 0.693. The van der Waals surface area contributed by atoms with E-state index in [9.17, 15) is 13.2 Å².